The molecule has 1 heterocycles. The van der Waals surface area contributed by atoms with Crippen LogP contribution in [0.15, 0.2) is 60.7 Å². The van der Waals surface area contributed by atoms with E-state index < -0.39 is 17.7 Å². The van der Waals surface area contributed by atoms with Crippen LogP contribution in [-0.4, -0.2) is 29.2 Å². The van der Waals surface area contributed by atoms with E-state index in [0.29, 0.717) is 18.7 Å². The number of nitrogens with zero attached hydrogens (tertiary/aromatic N) is 1. The van der Waals surface area contributed by atoms with Gasteiger partial charge in [-0.1, -0.05) is 60.4 Å². The zero-order valence-corrected chi connectivity index (χ0v) is 24.2. The van der Waals surface area contributed by atoms with Gasteiger partial charge in [0.2, 0.25) is 0 Å². The molecule has 0 spiro atoms. The summed E-state index contributed by atoms with van der Waals surface area (Å²) in [6.45, 7) is 12.7. The van der Waals surface area contributed by atoms with Crippen molar-refractivity contribution >= 4 is 12.1 Å². The first-order chi connectivity index (χ1) is 19.1. The number of fused-ring (bicyclic) bond motifs is 1. The normalized spacial score (nSPS) is 13.2. The van der Waals surface area contributed by atoms with Gasteiger partial charge in [-0.2, -0.15) is 0 Å². The highest BCUT2D eigenvalue weighted by Crippen LogP contribution is 2.39. The van der Waals surface area contributed by atoms with Crippen LogP contribution in [0.5, 0.6) is 0 Å². The number of rotatable bonds is 6. The van der Waals surface area contributed by atoms with Gasteiger partial charge in [-0.3, -0.25) is 4.90 Å². The molecule has 0 aromatic heterocycles. The van der Waals surface area contributed by atoms with Crippen LogP contribution in [0.25, 0.3) is 0 Å². The van der Waals surface area contributed by atoms with Crippen LogP contribution in [-0.2, 0) is 38.7 Å². The van der Waals surface area contributed by atoms with Gasteiger partial charge in [0.05, 0.1) is 18.8 Å². The summed E-state index contributed by atoms with van der Waals surface area (Å²) in [5.41, 5.74) is 6.39. The number of amides is 1. The predicted molar refractivity (Wildman–Crippen MR) is 154 cm³/mol. The van der Waals surface area contributed by atoms with Gasteiger partial charge in [-0.15, -0.1) is 0 Å². The third-order valence-electron chi connectivity index (χ3n) is 6.82. The molecular weight excluding hydrogens is 502 g/mol. The molecule has 3 aromatic rings. The molecule has 1 aliphatic heterocycles. The molecule has 208 valence electrons. The largest absolute Gasteiger partial charge is 0.464 e. The lowest BCUT2D eigenvalue weighted by atomic mass is 9.86. The number of benzene rings is 3. The van der Waals surface area contributed by atoms with Crippen molar-refractivity contribution in [1.29, 1.82) is 0 Å². The van der Waals surface area contributed by atoms with Gasteiger partial charge >= 0.3 is 12.1 Å². The highest BCUT2D eigenvalue weighted by molar-refractivity contribution is 5.80. The van der Waals surface area contributed by atoms with E-state index >= 15 is 0 Å². The molecule has 0 saturated heterocycles. The molecule has 6 nitrogen and oxygen atoms in total. The van der Waals surface area contributed by atoms with Gasteiger partial charge in [-0.25, -0.2) is 9.59 Å². The van der Waals surface area contributed by atoms with Crippen LogP contribution in [0.3, 0.4) is 0 Å². The molecule has 0 fully saturated rings. The third-order valence-corrected chi connectivity index (χ3v) is 6.82. The smallest absolute Gasteiger partial charge is 0.410 e. The summed E-state index contributed by atoms with van der Waals surface area (Å²) in [5, 5.41) is 0. The zero-order valence-electron chi connectivity index (χ0n) is 24.2. The number of hydrogen-bond acceptors (Lipinski definition) is 5. The summed E-state index contributed by atoms with van der Waals surface area (Å²) < 4.78 is 17.4. The van der Waals surface area contributed by atoms with Crippen LogP contribution in [0.2, 0.25) is 0 Å². The summed E-state index contributed by atoms with van der Waals surface area (Å²) >= 11 is 0. The Hall–Kier alpha value is -4.08. The molecule has 0 aliphatic carbocycles. The SMILES string of the molecule is CCOC(=O)[C@@H](OC(C)(C)C)c1c(C)c2c(c(C)c1C#Cc1ccccc1)CN(C(=O)OCc1ccccc1)C2. The minimum Gasteiger partial charge on any atom is -0.464 e. The van der Waals surface area contributed by atoms with Crippen molar-refractivity contribution < 1.29 is 23.8 Å². The number of esters is 1. The van der Waals surface area contributed by atoms with Crippen LogP contribution < -0.4 is 0 Å². The molecule has 40 heavy (non-hydrogen) atoms. The van der Waals surface area contributed by atoms with Gasteiger partial charge < -0.3 is 14.2 Å². The number of hydrogen-bond donors (Lipinski definition) is 0. The van der Waals surface area contributed by atoms with Gasteiger partial charge in [0.15, 0.2) is 6.10 Å². The Bertz CT molecular complexity index is 1430. The third kappa shape index (κ3) is 6.73. The van der Waals surface area contributed by atoms with E-state index in [-0.39, 0.29) is 19.3 Å². The van der Waals surface area contributed by atoms with Crippen molar-refractivity contribution in [3.63, 3.8) is 0 Å². The predicted octanol–water partition coefficient (Wildman–Crippen LogP) is 6.77. The maximum atomic E-state index is 13.3. The summed E-state index contributed by atoms with van der Waals surface area (Å²) in [5.74, 6) is 6.15. The second-order valence-corrected chi connectivity index (χ2v) is 10.9. The highest BCUT2D eigenvalue weighted by Gasteiger charge is 2.36. The molecule has 1 amide bonds. The first-order valence-corrected chi connectivity index (χ1v) is 13.6. The summed E-state index contributed by atoms with van der Waals surface area (Å²) in [7, 11) is 0. The molecular formula is C34H37NO5. The number of carbonyl (C=O) groups excluding carboxylic acids is 2. The minimum absolute atomic E-state index is 0.202. The lowest BCUT2D eigenvalue weighted by Gasteiger charge is -2.29. The number of carbonyl (C=O) groups is 2. The summed E-state index contributed by atoms with van der Waals surface area (Å²) in [4.78, 5) is 28.1. The van der Waals surface area contributed by atoms with Crippen molar-refractivity contribution in [3.8, 4) is 11.8 Å². The molecule has 0 saturated carbocycles. The molecule has 0 radical (unpaired) electrons. The van der Waals surface area contributed by atoms with Crippen LogP contribution >= 0.6 is 0 Å². The maximum Gasteiger partial charge on any atom is 0.410 e. The Morgan fingerprint density at radius 1 is 0.875 bits per heavy atom. The molecule has 3 aromatic carbocycles. The standard InChI is InChI=1S/C34H37NO5/c1-7-38-32(36)31(40-34(4,5)6)30-24(3)29-21-35(33(37)39-22-26-16-12-9-13-17-26)20-28(29)23(2)27(30)19-18-25-14-10-8-11-15-25/h8-17,31H,7,20-22H2,1-6H3/t31-/m0/s1. The Balaban J connectivity index is 1.77. The fourth-order valence-corrected chi connectivity index (χ4v) is 4.90. The molecule has 1 atom stereocenters. The quantitative estimate of drug-likeness (QED) is 0.255. The first-order valence-electron chi connectivity index (χ1n) is 13.6. The van der Waals surface area contributed by atoms with Crippen molar-refractivity contribution in [2.24, 2.45) is 0 Å². The molecule has 0 unspecified atom stereocenters. The highest BCUT2D eigenvalue weighted by atomic mass is 16.6. The van der Waals surface area contributed by atoms with Crippen molar-refractivity contribution in [1.82, 2.24) is 4.90 Å². The maximum absolute atomic E-state index is 13.3. The van der Waals surface area contributed by atoms with E-state index in [9.17, 15) is 9.59 Å². The van der Waals surface area contributed by atoms with Crippen molar-refractivity contribution in [2.75, 3.05) is 6.61 Å². The summed E-state index contributed by atoms with van der Waals surface area (Å²) in [6, 6.07) is 19.3. The first kappa shape index (κ1) is 28.9. The number of ether oxygens (including phenoxy) is 3. The van der Waals surface area contributed by atoms with Crippen molar-refractivity contribution in [3.05, 3.63) is 105 Å². The van der Waals surface area contributed by atoms with Gasteiger partial charge in [0.1, 0.15) is 6.61 Å². The average molecular weight is 540 g/mol. The van der Waals surface area contributed by atoms with Crippen LogP contribution in [0.4, 0.5) is 4.79 Å². The topological polar surface area (TPSA) is 65.1 Å². The molecule has 0 N–H and O–H groups in total. The Morgan fingerprint density at radius 2 is 1.48 bits per heavy atom. The fourth-order valence-electron chi connectivity index (χ4n) is 4.90. The van der Waals surface area contributed by atoms with E-state index in [1.54, 1.807) is 11.8 Å². The summed E-state index contributed by atoms with van der Waals surface area (Å²) in [6.07, 6.45) is -1.35. The Morgan fingerprint density at radius 3 is 2.08 bits per heavy atom. The molecule has 0 bridgehead atoms. The van der Waals surface area contributed by atoms with E-state index in [1.807, 2.05) is 95.3 Å². The minimum atomic E-state index is -0.969. The fraction of sp³-hybridized carbons (Fsp3) is 0.353. The van der Waals surface area contributed by atoms with Gasteiger partial charge in [0, 0.05) is 23.2 Å². The molecule has 4 rings (SSSR count). The lowest BCUT2D eigenvalue weighted by Crippen LogP contribution is -2.30. The average Bonchev–Trinajstić information content (AvgIpc) is 3.39. The zero-order chi connectivity index (χ0) is 28.9. The van der Waals surface area contributed by atoms with Gasteiger partial charge in [0.25, 0.3) is 0 Å². The van der Waals surface area contributed by atoms with Crippen molar-refractivity contribution in [2.45, 2.75) is 72.9 Å². The van der Waals surface area contributed by atoms with Crippen LogP contribution in [0.1, 0.15) is 78.3 Å². The van der Waals surface area contributed by atoms with Gasteiger partial charge in [-0.05, 0) is 81.5 Å². The Labute approximate surface area is 237 Å². The van der Waals surface area contributed by atoms with Crippen LogP contribution in [0, 0.1) is 25.7 Å². The lowest BCUT2D eigenvalue weighted by molar-refractivity contribution is -0.166. The molecule has 6 heteroatoms. The molecule has 1 aliphatic rings. The monoisotopic (exact) mass is 539 g/mol. The second kappa shape index (κ2) is 12.4. The van der Waals surface area contributed by atoms with E-state index in [0.717, 1.165) is 38.9 Å². The Kier molecular flexibility index (Phi) is 8.96. The van der Waals surface area contributed by atoms with E-state index in [1.165, 1.54) is 0 Å². The van der Waals surface area contributed by atoms with E-state index in [4.69, 9.17) is 14.2 Å². The van der Waals surface area contributed by atoms with E-state index in [2.05, 4.69) is 11.8 Å². The second-order valence-electron chi connectivity index (χ2n) is 10.9.